The Morgan fingerprint density at radius 3 is 3.36 bits per heavy atom. The third-order valence-corrected chi connectivity index (χ3v) is 2.23. The van der Waals surface area contributed by atoms with Crippen LogP contribution < -0.4 is 5.56 Å². The van der Waals surface area contributed by atoms with Gasteiger partial charge < -0.3 is 0 Å². The molecule has 1 aliphatic carbocycles. The Kier molecular flexibility index (Phi) is 1.31. The van der Waals surface area contributed by atoms with Crippen LogP contribution in [-0.2, 0) is 6.42 Å². The fourth-order valence-corrected chi connectivity index (χ4v) is 1.59. The lowest BCUT2D eigenvalue weighted by atomic mass is 10.1. The van der Waals surface area contributed by atoms with Crippen molar-refractivity contribution >= 4 is 0 Å². The molecule has 0 bridgehead atoms. The molecule has 1 aliphatic rings. The van der Waals surface area contributed by atoms with Crippen LogP contribution in [0.5, 0.6) is 0 Å². The second kappa shape index (κ2) is 2.19. The van der Waals surface area contributed by atoms with Crippen LogP contribution in [0.25, 0.3) is 0 Å². The summed E-state index contributed by atoms with van der Waals surface area (Å²) in [6, 6.07) is 1.66. The van der Waals surface area contributed by atoms with Crippen molar-refractivity contribution in [3.05, 3.63) is 27.7 Å². The number of hydrogen-bond donors (Lipinski definition) is 1. The van der Waals surface area contributed by atoms with Crippen LogP contribution in [0.1, 0.15) is 30.5 Å². The topological polar surface area (TPSA) is 45.8 Å². The molecule has 1 N–H and O–H groups in total. The minimum absolute atomic E-state index is 0.0853. The Morgan fingerprint density at radius 1 is 1.73 bits per heavy atom. The third-order valence-electron chi connectivity index (χ3n) is 2.23. The average molecular weight is 150 g/mol. The van der Waals surface area contributed by atoms with Gasteiger partial charge in [-0.3, -0.25) is 4.79 Å². The van der Waals surface area contributed by atoms with Crippen LogP contribution >= 0.6 is 0 Å². The maximum absolute atomic E-state index is 10.8. The van der Waals surface area contributed by atoms with Crippen molar-refractivity contribution in [1.82, 2.24) is 10.2 Å². The summed E-state index contributed by atoms with van der Waals surface area (Å²) in [4.78, 5) is 10.8. The van der Waals surface area contributed by atoms with Crippen LogP contribution in [0.3, 0.4) is 0 Å². The maximum atomic E-state index is 10.8. The Hall–Kier alpha value is -1.12. The van der Waals surface area contributed by atoms with E-state index in [-0.39, 0.29) is 5.56 Å². The molecule has 3 nitrogen and oxygen atoms in total. The summed E-state index contributed by atoms with van der Waals surface area (Å²) in [5, 5.41) is 6.46. The molecule has 0 fully saturated rings. The van der Waals surface area contributed by atoms with E-state index in [0.717, 1.165) is 24.1 Å². The molecule has 0 aliphatic heterocycles. The zero-order chi connectivity index (χ0) is 7.84. The van der Waals surface area contributed by atoms with Crippen molar-refractivity contribution in [1.29, 1.82) is 0 Å². The average Bonchev–Trinajstić information content (AvgIpc) is 2.32. The lowest BCUT2D eigenvalue weighted by molar-refractivity contribution is 0.717. The lowest BCUT2D eigenvalue weighted by Gasteiger charge is -1.99. The van der Waals surface area contributed by atoms with Crippen molar-refractivity contribution in [3.8, 4) is 0 Å². The van der Waals surface area contributed by atoms with Gasteiger partial charge in [-0.05, 0) is 18.4 Å². The first-order valence-electron chi connectivity index (χ1n) is 3.86. The molecule has 1 heterocycles. The highest BCUT2D eigenvalue weighted by atomic mass is 16.1. The summed E-state index contributed by atoms with van der Waals surface area (Å²) in [5.41, 5.74) is 2.11. The molecule has 3 heteroatoms. The van der Waals surface area contributed by atoms with Gasteiger partial charge in [0.25, 0.3) is 5.56 Å². The van der Waals surface area contributed by atoms with E-state index in [0.29, 0.717) is 5.92 Å². The highest BCUT2D eigenvalue weighted by Crippen LogP contribution is 2.28. The van der Waals surface area contributed by atoms with Gasteiger partial charge in [0.2, 0.25) is 0 Å². The van der Waals surface area contributed by atoms with Crippen LogP contribution in [0.4, 0.5) is 0 Å². The first-order chi connectivity index (χ1) is 5.27. The van der Waals surface area contributed by atoms with E-state index in [9.17, 15) is 4.79 Å². The van der Waals surface area contributed by atoms with Gasteiger partial charge in [-0.25, -0.2) is 5.10 Å². The van der Waals surface area contributed by atoms with Crippen molar-refractivity contribution in [2.24, 2.45) is 0 Å². The molecule has 0 saturated heterocycles. The quantitative estimate of drug-likeness (QED) is 0.595. The van der Waals surface area contributed by atoms with Gasteiger partial charge in [0.05, 0.1) is 5.69 Å². The molecule has 58 valence electrons. The summed E-state index contributed by atoms with van der Waals surface area (Å²) in [7, 11) is 0. The fraction of sp³-hybridized carbons (Fsp3) is 0.500. The smallest absolute Gasteiger partial charge is 0.264 e. The van der Waals surface area contributed by atoms with Crippen LogP contribution in [0.15, 0.2) is 10.9 Å². The molecule has 0 spiro atoms. The molecule has 2 rings (SSSR count). The van der Waals surface area contributed by atoms with Crippen LogP contribution in [-0.4, -0.2) is 10.2 Å². The molecule has 0 radical (unpaired) electrons. The molecule has 0 aromatic carbocycles. The zero-order valence-electron chi connectivity index (χ0n) is 6.42. The molecule has 0 amide bonds. The van der Waals surface area contributed by atoms with Crippen LogP contribution in [0, 0.1) is 0 Å². The number of aromatic amines is 1. The van der Waals surface area contributed by atoms with Gasteiger partial charge in [0.1, 0.15) is 0 Å². The molecule has 1 atom stereocenters. The van der Waals surface area contributed by atoms with E-state index in [1.165, 1.54) is 0 Å². The Morgan fingerprint density at radius 2 is 2.55 bits per heavy atom. The number of rotatable bonds is 0. The normalized spacial score (nSPS) is 21.7. The second-order valence-electron chi connectivity index (χ2n) is 3.08. The number of aromatic nitrogens is 2. The minimum atomic E-state index is -0.0853. The third kappa shape index (κ3) is 0.964. The first-order valence-corrected chi connectivity index (χ1v) is 3.86. The first kappa shape index (κ1) is 6.58. The van der Waals surface area contributed by atoms with E-state index in [1.54, 1.807) is 6.07 Å². The van der Waals surface area contributed by atoms with E-state index < -0.39 is 0 Å². The maximum Gasteiger partial charge on any atom is 0.264 e. The standard InChI is InChI=1S/C8H10N2O/c1-5-2-3-6-4-7(11)9-10-8(5)6/h4-5H,2-3H2,1H3,(H,9,11). The minimum Gasteiger partial charge on any atom is -0.268 e. The number of nitrogens with one attached hydrogen (secondary N) is 1. The number of aryl methyl sites for hydroxylation is 1. The SMILES string of the molecule is CC1CCc2cc(=O)[nH]nc21. The number of hydrogen-bond acceptors (Lipinski definition) is 2. The molecule has 1 unspecified atom stereocenters. The number of nitrogens with zero attached hydrogens (tertiary/aromatic N) is 1. The van der Waals surface area contributed by atoms with Crippen LogP contribution in [0.2, 0.25) is 0 Å². The van der Waals surface area contributed by atoms with Gasteiger partial charge in [0.15, 0.2) is 0 Å². The monoisotopic (exact) mass is 150 g/mol. The molecular formula is C8H10N2O. The highest BCUT2D eigenvalue weighted by molar-refractivity contribution is 5.25. The Balaban J connectivity index is 2.59. The predicted octanol–water partition coefficient (Wildman–Crippen LogP) is 0.820. The van der Waals surface area contributed by atoms with E-state index in [1.807, 2.05) is 0 Å². The number of H-pyrrole nitrogens is 1. The van der Waals surface area contributed by atoms with Gasteiger partial charge in [-0.2, -0.15) is 5.10 Å². The number of fused-ring (bicyclic) bond motifs is 1. The van der Waals surface area contributed by atoms with Crippen molar-refractivity contribution < 1.29 is 0 Å². The molecule has 1 aromatic rings. The molecular weight excluding hydrogens is 140 g/mol. The van der Waals surface area contributed by atoms with Gasteiger partial charge in [-0.15, -0.1) is 0 Å². The Labute approximate surface area is 64.5 Å². The molecule has 11 heavy (non-hydrogen) atoms. The van der Waals surface area contributed by atoms with Gasteiger partial charge in [-0.1, -0.05) is 6.92 Å². The summed E-state index contributed by atoms with van der Waals surface area (Å²) in [6.07, 6.45) is 2.13. The van der Waals surface area contributed by atoms with Crippen molar-refractivity contribution in [2.75, 3.05) is 0 Å². The molecule has 0 saturated carbocycles. The van der Waals surface area contributed by atoms with Gasteiger partial charge >= 0.3 is 0 Å². The zero-order valence-corrected chi connectivity index (χ0v) is 6.42. The van der Waals surface area contributed by atoms with E-state index in [4.69, 9.17) is 0 Å². The summed E-state index contributed by atoms with van der Waals surface area (Å²) in [6.45, 7) is 2.14. The van der Waals surface area contributed by atoms with Crippen molar-refractivity contribution in [3.63, 3.8) is 0 Å². The molecule has 1 aromatic heterocycles. The fourth-order valence-electron chi connectivity index (χ4n) is 1.59. The largest absolute Gasteiger partial charge is 0.268 e. The van der Waals surface area contributed by atoms with Gasteiger partial charge in [0, 0.05) is 12.0 Å². The van der Waals surface area contributed by atoms with E-state index >= 15 is 0 Å². The Bertz CT molecular complexity index is 329. The summed E-state index contributed by atoms with van der Waals surface area (Å²) in [5.74, 6) is 0.516. The van der Waals surface area contributed by atoms with Crippen molar-refractivity contribution in [2.45, 2.75) is 25.7 Å². The highest BCUT2D eigenvalue weighted by Gasteiger charge is 2.19. The lowest BCUT2D eigenvalue weighted by Crippen LogP contribution is -2.09. The summed E-state index contributed by atoms with van der Waals surface area (Å²) < 4.78 is 0. The van der Waals surface area contributed by atoms with E-state index in [2.05, 4.69) is 17.1 Å². The summed E-state index contributed by atoms with van der Waals surface area (Å²) >= 11 is 0. The second-order valence-corrected chi connectivity index (χ2v) is 3.08. The predicted molar refractivity (Wildman–Crippen MR) is 41.6 cm³/mol.